The van der Waals surface area contributed by atoms with Crippen LogP contribution in [0.1, 0.15) is 5.56 Å². The predicted octanol–water partition coefficient (Wildman–Crippen LogP) is 4.57. The summed E-state index contributed by atoms with van der Waals surface area (Å²) >= 11 is 14.0. The van der Waals surface area contributed by atoms with E-state index in [4.69, 9.17) is 27.9 Å². The van der Waals surface area contributed by atoms with Crippen molar-refractivity contribution in [1.29, 1.82) is 0 Å². The van der Waals surface area contributed by atoms with E-state index >= 15 is 0 Å². The van der Waals surface area contributed by atoms with E-state index in [0.29, 0.717) is 16.8 Å². The molecule has 1 aromatic heterocycles. The van der Waals surface area contributed by atoms with Crippen LogP contribution in [0.2, 0.25) is 10.2 Å². The van der Waals surface area contributed by atoms with Crippen LogP contribution in [0, 0.1) is 3.57 Å². The molecule has 17 heavy (non-hydrogen) atoms. The van der Waals surface area contributed by atoms with Crippen molar-refractivity contribution in [2.75, 3.05) is 0 Å². The van der Waals surface area contributed by atoms with Crippen molar-refractivity contribution in [1.82, 2.24) is 4.98 Å². The Balaban J connectivity index is 2.10. The van der Waals surface area contributed by atoms with E-state index in [1.54, 1.807) is 12.3 Å². The largest absolute Gasteiger partial charge is 0.488 e. The molecule has 1 heterocycles. The van der Waals surface area contributed by atoms with Crippen molar-refractivity contribution in [3.05, 3.63) is 55.8 Å². The molecule has 2 rings (SSSR count). The molecule has 0 atom stereocenters. The molecule has 0 spiro atoms. The van der Waals surface area contributed by atoms with Crippen LogP contribution in [0.4, 0.5) is 0 Å². The highest BCUT2D eigenvalue weighted by Crippen LogP contribution is 2.23. The van der Waals surface area contributed by atoms with E-state index in [-0.39, 0.29) is 0 Å². The van der Waals surface area contributed by atoms with Crippen LogP contribution in [-0.4, -0.2) is 4.98 Å². The monoisotopic (exact) mass is 379 g/mol. The number of rotatable bonds is 3. The van der Waals surface area contributed by atoms with Crippen LogP contribution in [-0.2, 0) is 6.61 Å². The molecule has 0 N–H and O–H groups in total. The van der Waals surface area contributed by atoms with E-state index in [9.17, 15) is 0 Å². The summed E-state index contributed by atoms with van der Waals surface area (Å²) in [6, 6.07) is 9.40. The van der Waals surface area contributed by atoms with Gasteiger partial charge in [-0.1, -0.05) is 35.3 Å². The quantitative estimate of drug-likeness (QED) is 0.575. The summed E-state index contributed by atoms with van der Waals surface area (Å²) in [5, 5.41) is 0.948. The van der Waals surface area contributed by atoms with Gasteiger partial charge in [-0.15, -0.1) is 0 Å². The van der Waals surface area contributed by atoms with Gasteiger partial charge in [-0.3, -0.25) is 0 Å². The normalized spacial score (nSPS) is 10.3. The van der Waals surface area contributed by atoms with E-state index in [0.717, 1.165) is 14.9 Å². The fraction of sp³-hybridized carbons (Fsp3) is 0.0833. The third kappa shape index (κ3) is 3.47. The van der Waals surface area contributed by atoms with Crippen LogP contribution in [0.5, 0.6) is 5.75 Å². The molecule has 0 aliphatic rings. The van der Waals surface area contributed by atoms with Crippen LogP contribution < -0.4 is 4.74 Å². The molecule has 0 aliphatic heterocycles. The summed E-state index contributed by atoms with van der Waals surface area (Å²) in [5.41, 5.74) is 0.815. The van der Waals surface area contributed by atoms with E-state index in [1.807, 2.05) is 24.3 Å². The Hall–Kier alpha value is -0.520. The molecule has 0 unspecified atom stereocenters. The number of hydrogen-bond donors (Lipinski definition) is 0. The number of para-hydroxylation sites is 1. The van der Waals surface area contributed by atoms with Gasteiger partial charge in [-0.25, -0.2) is 4.98 Å². The number of benzene rings is 1. The summed E-state index contributed by atoms with van der Waals surface area (Å²) < 4.78 is 6.73. The van der Waals surface area contributed by atoms with Crippen LogP contribution in [0.3, 0.4) is 0 Å². The highest BCUT2D eigenvalue weighted by molar-refractivity contribution is 14.1. The van der Waals surface area contributed by atoms with Crippen LogP contribution >= 0.6 is 45.8 Å². The highest BCUT2D eigenvalue weighted by Gasteiger charge is 2.05. The standard InChI is InChI=1S/C12H8Cl2INO/c13-9-5-12(14)16-6-8(9)7-17-11-4-2-1-3-10(11)15/h1-6H,7H2. The molecule has 0 saturated carbocycles. The zero-order valence-corrected chi connectivity index (χ0v) is 12.3. The van der Waals surface area contributed by atoms with Gasteiger partial charge < -0.3 is 4.74 Å². The molecule has 0 saturated heterocycles. The van der Waals surface area contributed by atoms with E-state index < -0.39 is 0 Å². The number of halogens is 3. The highest BCUT2D eigenvalue weighted by atomic mass is 127. The van der Waals surface area contributed by atoms with Crippen molar-refractivity contribution in [2.24, 2.45) is 0 Å². The SMILES string of the molecule is Clc1cc(Cl)c(COc2ccccc2I)cn1. The molecule has 2 nitrogen and oxygen atoms in total. The fourth-order valence-electron chi connectivity index (χ4n) is 1.26. The van der Waals surface area contributed by atoms with Crippen molar-refractivity contribution in [3.63, 3.8) is 0 Å². The van der Waals surface area contributed by atoms with Crippen molar-refractivity contribution in [3.8, 4) is 5.75 Å². The van der Waals surface area contributed by atoms with Crippen molar-refractivity contribution < 1.29 is 4.74 Å². The maximum Gasteiger partial charge on any atom is 0.133 e. The van der Waals surface area contributed by atoms with Gasteiger partial charge in [0.1, 0.15) is 17.5 Å². The van der Waals surface area contributed by atoms with Gasteiger partial charge in [-0.2, -0.15) is 0 Å². The Morgan fingerprint density at radius 3 is 2.71 bits per heavy atom. The Bertz CT molecular complexity index is 534. The maximum atomic E-state index is 6.03. The first-order chi connectivity index (χ1) is 8.16. The summed E-state index contributed by atoms with van der Waals surface area (Å²) in [7, 11) is 0. The summed E-state index contributed by atoms with van der Waals surface area (Å²) in [6.45, 7) is 0.378. The Labute approximate surface area is 123 Å². The lowest BCUT2D eigenvalue weighted by Crippen LogP contribution is -1.98. The third-order valence-corrected chi connectivity index (χ3v) is 3.57. The van der Waals surface area contributed by atoms with Gasteiger partial charge in [0.2, 0.25) is 0 Å². The van der Waals surface area contributed by atoms with Gasteiger partial charge in [0.25, 0.3) is 0 Å². The zero-order valence-electron chi connectivity index (χ0n) is 8.66. The Morgan fingerprint density at radius 1 is 1.24 bits per heavy atom. The molecule has 0 bridgehead atoms. The van der Waals surface area contributed by atoms with Crippen molar-refractivity contribution >= 4 is 45.8 Å². The third-order valence-electron chi connectivity index (χ3n) is 2.12. The molecule has 1 aromatic carbocycles. The number of pyridine rings is 1. The summed E-state index contributed by atoms with van der Waals surface area (Å²) in [5.74, 6) is 0.833. The molecule has 5 heteroatoms. The van der Waals surface area contributed by atoms with Gasteiger partial charge in [0, 0.05) is 11.8 Å². The first-order valence-electron chi connectivity index (χ1n) is 4.84. The molecular weight excluding hydrogens is 372 g/mol. The second-order valence-corrected chi connectivity index (χ2v) is 5.27. The molecule has 0 fully saturated rings. The zero-order chi connectivity index (χ0) is 12.3. The maximum absolute atomic E-state index is 6.03. The lowest BCUT2D eigenvalue weighted by Gasteiger charge is -2.08. The first kappa shape index (κ1) is 12.9. The van der Waals surface area contributed by atoms with Gasteiger partial charge in [0.05, 0.1) is 8.59 Å². The number of hydrogen-bond acceptors (Lipinski definition) is 2. The van der Waals surface area contributed by atoms with E-state index in [2.05, 4.69) is 27.6 Å². The minimum Gasteiger partial charge on any atom is -0.488 e. The topological polar surface area (TPSA) is 22.1 Å². The molecule has 2 aromatic rings. The summed E-state index contributed by atoms with van der Waals surface area (Å²) in [4.78, 5) is 3.97. The van der Waals surface area contributed by atoms with Gasteiger partial charge in [0.15, 0.2) is 0 Å². The minimum atomic E-state index is 0.378. The molecule has 0 aliphatic carbocycles. The second-order valence-electron chi connectivity index (χ2n) is 3.32. The van der Waals surface area contributed by atoms with Gasteiger partial charge in [-0.05, 0) is 40.8 Å². The average Bonchev–Trinajstić information content (AvgIpc) is 2.30. The lowest BCUT2D eigenvalue weighted by molar-refractivity contribution is 0.303. The first-order valence-corrected chi connectivity index (χ1v) is 6.67. The second kappa shape index (κ2) is 5.89. The number of aromatic nitrogens is 1. The molecular formula is C12H8Cl2INO. The van der Waals surface area contributed by atoms with Crippen LogP contribution in [0.25, 0.3) is 0 Å². The molecule has 0 amide bonds. The van der Waals surface area contributed by atoms with Gasteiger partial charge >= 0.3 is 0 Å². The molecule has 88 valence electrons. The number of ether oxygens (including phenoxy) is 1. The smallest absolute Gasteiger partial charge is 0.133 e. The Morgan fingerprint density at radius 2 is 2.00 bits per heavy atom. The molecule has 0 radical (unpaired) electrons. The average molecular weight is 380 g/mol. The van der Waals surface area contributed by atoms with Crippen LogP contribution in [0.15, 0.2) is 36.5 Å². The number of nitrogens with zero attached hydrogens (tertiary/aromatic N) is 1. The minimum absolute atomic E-state index is 0.378. The lowest BCUT2D eigenvalue weighted by atomic mass is 10.3. The fourth-order valence-corrected chi connectivity index (χ4v) is 2.22. The Kier molecular flexibility index (Phi) is 4.48. The van der Waals surface area contributed by atoms with Crippen molar-refractivity contribution in [2.45, 2.75) is 6.61 Å². The summed E-state index contributed by atoms with van der Waals surface area (Å²) in [6.07, 6.45) is 1.63. The predicted molar refractivity (Wildman–Crippen MR) is 77.7 cm³/mol. The van der Waals surface area contributed by atoms with E-state index in [1.165, 1.54) is 0 Å².